The Morgan fingerprint density at radius 2 is 2.25 bits per heavy atom. The number of urea groups is 1. The van der Waals surface area contributed by atoms with Gasteiger partial charge in [0.25, 0.3) is 0 Å². The number of carbonyl (C=O) groups excluding carboxylic acids is 1. The van der Waals surface area contributed by atoms with Crippen LogP contribution in [0.3, 0.4) is 0 Å². The number of aliphatic hydroxyl groups excluding tert-OH is 1. The van der Waals surface area contributed by atoms with Crippen molar-refractivity contribution in [1.29, 1.82) is 0 Å². The molecule has 7 nitrogen and oxygen atoms in total. The standard InChI is InChI=1S/C16H19N5O2S/c1-21-19-14-4-2-3-13(15(14)20-21)18-16(23)17-8-12(9-22)7-11-5-6-24-10-11/h2-6,10,12,22H,7-9H2,1H3,(H2,17,18,23)/t12-/m1/s1. The lowest BCUT2D eigenvalue weighted by Crippen LogP contribution is -2.35. The van der Waals surface area contributed by atoms with Crippen molar-refractivity contribution in [2.24, 2.45) is 13.0 Å². The number of rotatable bonds is 6. The third-order valence-electron chi connectivity index (χ3n) is 3.67. The van der Waals surface area contributed by atoms with Gasteiger partial charge in [0, 0.05) is 26.1 Å². The van der Waals surface area contributed by atoms with E-state index < -0.39 is 0 Å². The molecular formula is C16H19N5O2S. The van der Waals surface area contributed by atoms with E-state index in [1.165, 1.54) is 10.4 Å². The first-order valence-electron chi connectivity index (χ1n) is 7.62. The summed E-state index contributed by atoms with van der Waals surface area (Å²) < 4.78 is 0. The molecule has 0 aliphatic carbocycles. The quantitative estimate of drug-likeness (QED) is 0.637. The molecule has 3 rings (SSSR count). The van der Waals surface area contributed by atoms with Crippen LogP contribution in [0.2, 0.25) is 0 Å². The largest absolute Gasteiger partial charge is 0.396 e. The number of anilines is 1. The van der Waals surface area contributed by atoms with E-state index in [2.05, 4.69) is 26.2 Å². The number of amides is 2. The van der Waals surface area contributed by atoms with Crippen molar-refractivity contribution in [3.05, 3.63) is 40.6 Å². The lowest BCUT2D eigenvalue weighted by atomic mass is 10.0. The Morgan fingerprint density at radius 1 is 1.38 bits per heavy atom. The van der Waals surface area contributed by atoms with Crippen molar-refractivity contribution in [2.45, 2.75) is 6.42 Å². The fraction of sp³-hybridized carbons (Fsp3) is 0.312. The maximum Gasteiger partial charge on any atom is 0.319 e. The Hall–Kier alpha value is -2.45. The third kappa shape index (κ3) is 3.90. The highest BCUT2D eigenvalue weighted by Gasteiger charge is 2.13. The molecule has 3 aromatic rings. The third-order valence-corrected chi connectivity index (χ3v) is 4.41. The number of nitrogens with one attached hydrogen (secondary N) is 2. The molecule has 2 aromatic heterocycles. The molecule has 1 aromatic carbocycles. The van der Waals surface area contributed by atoms with Gasteiger partial charge in [-0.25, -0.2) is 4.79 Å². The van der Waals surface area contributed by atoms with Crippen LogP contribution in [-0.4, -0.2) is 39.3 Å². The highest BCUT2D eigenvalue weighted by atomic mass is 32.1. The minimum atomic E-state index is -0.322. The number of aliphatic hydroxyl groups is 1. The van der Waals surface area contributed by atoms with Gasteiger partial charge in [-0.05, 0) is 40.9 Å². The number of hydrogen-bond donors (Lipinski definition) is 3. The fourth-order valence-electron chi connectivity index (χ4n) is 2.49. The lowest BCUT2D eigenvalue weighted by Gasteiger charge is -2.15. The van der Waals surface area contributed by atoms with E-state index in [9.17, 15) is 9.90 Å². The summed E-state index contributed by atoms with van der Waals surface area (Å²) in [6, 6.07) is 7.15. The molecule has 0 saturated carbocycles. The van der Waals surface area contributed by atoms with Gasteiger partial charge >= 0.3 is 6.03 Å². The van der Waals surface area contributed by atoms with E-state index in [1.54, 1.807) is 24.5 Å². The predicted octanol–water partition coefficient (Wildman–Crippen LogP) is 2.00. The van der Waals surface area contributed by atoms with Crippen LogP contribution in [0.4, 0.5) is 10.5 Å². The second-order valence-corrected chi connectivity index (χ2v) is 6.36. The van der Waals surface area contributed by atoms with Crippen LogP contribution in [-0.2, 0) is 13.5 Å². The van der Waals surface area contributed by atoms with Crippen molar-refractivity contribution < 1.29 is 9.90 Å². The molecule has 0 spiro atoms. The van der Waals surface area contributed by atoms with Gasteiger partial charge < -0.3 is 15.7 Å². The zero-order valence-electron chi connectivity index (χ0n) is 13.3. The number of benzene rings is 1. The molecule has 0 unspecified atom stereocenters. The Morgan fingerprint density at radius 3 is 3.00 bits per heavy atom. The Balaban J connectivity index is 1.58. The van der Waals surface area contributed by atoms with Gasteiger partial charge in [-0.3, -0.25) is 0 Å². The van der Waals surface area contributed by atoms with E-state index in [0.29, 0.717) is 17.7 Å². The summed E-state index contributed by atoms with van der Waals surface area (Å²) >= 11 is 1.63. The molecule has 0 fully saturated rings. The number of carbonyl (C=O) groups is 1. The number of hydrogen-bond acceptors (Lipinski definition) is 5. The zero-order chi connectivity index (χ0) is 16.9. The SMILES string of the molecule is Cn1nc2cccc(NC(=O)NC[C@H](CO)Cc3ccsc3)c2n1. The van der Waals surface area contributed by atoms with Crippen LogP contribution in [0.25, 0.3) is 11.0 Å². The molecule has 24 heavy (non-hydrogen) atoms. The average molecular weight is 345 g/mol. The van der Waals surface area contributed by atoms with E-state index in [4.69, 9.17) is 0 Å². The fourth-order valence-corrected chi connectivity index (χ4v) is 3.17. The highest BCUT2D eigenvalue weighted by molar-refractivity contribution is 7.07. The summed E-state index contributed by atoms with van der Waals surface area (Å²) in [4.78, 5) is 13.6. The Labute approximate surface area is 143 Å². The van der Waals surface area contributed by atoms with Gasteiger partial charge in [-0.1, -0.05) is 6.07 Å². The topological polar surface area (TPSA) is 92.1 Å². The maximum atomic E-state index is 12.1. The van der Waals surface area contributed by atoms with Crippen LogP contribution in [0, 0.1) is 5.92 Å². The first-order valence-corrected chi connectivity index (χ1v) is 8.57. The normalized spacial score (nSPS) is 12.2. The van der Waals surface area contributed by atoms with Crippen molar-refractivity contribution in [3.63, 3.8) is 0 Å². The number of aromatic nitrogens is 3. The molecule has 2 heterocycles. The van der Waals surface area contributed by atoms with Crippen molar-refractivity contribution >= 4 is 34.1 Å². The van der Waals surface area contributed by atoms with Crippen LogP contribution < -0.4 is 10.6 Å². The summed E-state index contributed by atoms with van der Waals surface area (Å²) in [6.45, 7) is 0.421. The van der Waals surface area contributed by atoms with Gasteiger partial charge in [0.2, 0.25) is 0 Å². The second-order valence-electron chi connectivity index (χ2n) is 5.58. The van der Waals surface area contributed by atoms with Crippen LogP contribution in [0.5, 0.6) is 0 Å². The molecule has 0 bridgehead atoms. The number of thiophene rings is 1. The molecule has 0 aliphatic heterocycles. The van der Waals surface area contributed by atoms with E-state index in [-0.39, 0.29) is 18.6 Å². The maximum absolute atomic E-state index is 12.1. The average Bonchev–Trinajstić information content (AvgIpc) is 3.20. The van der Waals surface area contributed by atoms with E-state index >= 15 is 0 Å². The van der Waals surface area contributed by atoms with Crippen LogP contribution in [0.1, 0.15) is 5.56 Å². The summed E-state index contributed by atoms with van der Waals surface area (Å²) in [7, 11) is 1.74. The number of nitrogens with zero attached hydrogens (tertiary/aromatic N) is 3. The molecular weight excluding hydrogens is 326 g/mol. The van der Waals surface area contributed by atoms with Crippen molar-refractivity contribution in [3.8, 4) is 0 Å². The molecule has 2 amide bonds. The molecule has 126 valence electrons. The zero-order valence-corrected chi connectivity index (χ0v) is 14.1. The minimum Gasteiger partial charge on any atom is -0.396 e. The highest BCUT2D eigenvalue weighted by Crippen LogP contribution is 2.19. The van der Waals surface area contributed by atoms with Gasteiger partial charge in [0.15, 0.2) is 0 Å². The number of fused-ring (bicyclic) bond motifs is 1. The summed E-state index contributed by atoms with van der Waals surface area (Å²) in [5.74, 6) is -0.0161. The first-order chi connectivity index (χ1) is 11.7. The monoisotopic (exact) mass is 345 g/mol. The molecule has 0 aliphatic rings. The van der Waals surface area contributed by atoms with E-state index in [0.717, 1.165) is 11.9 Å². The molecule has 0 saturated heterocycles. The smallest absolute Gasteiger partial charge is 0.319 e. The van der Waals surface area contributed by atoms with Crippen LogP contribution >= 0.6 is 11.3 Å². The van der Waals surface area contributed by atoms with Crippen LogP contribution in [0.15, 0.2) is 35.0 Å². The first kappa shape index (κ1) is 16.4. The molecule has 1 atom stereocenters. The minimum absolute atomic E-state index is 0.0161. The Kier molecular flexibility index (Phi) is 5.07. The van der Waals surface area contributed by atoms with Crippen molar-refractivity contribution in [1.82, 2.24) is 20.3 Å². The summed E-state index contributed by atoms with van der Waals surface area (Å²) in [6.07, 6.45) is 0.736. The predicted molar refractivity (Wildman–Crippen MR) is 94.1 cm³/mol. The van der Waals surface area contributed by atoms with E-state index in [1.807, 2.05) is 23.6 Å². The molecule has 3 N–H and O–H groups in total. The summed E-state index contributed by atoms with van der Waals surface area (Å²) in [5, 5.41) is 27.6. The van der Waals surface area contributed by atoms with Gasteiger partial charge in [0.05, 0.1) is 5.69 Å². The summed E-state index contributed by atoms with van der Waals surface area (Å²) in [5.41, 5.74) is 3.15. The van der Waals surface area contributed by atoms with Gasteiger partial charge in [0.1, 0.15) is 11.0 Å². The van der Waals surface area contributed by atoms with Gasteiger partial charge in [-0.15, -0.1) is 0 Å². The Bertz CT molecular complexity index is 815. The van der Waals surface area contributed by atoms with Gasteiger partial charge in [-0.2, -0.15) is 26.3 Å². The molecule has 0 radical (unpaired) electrons. The number of aryl methyl sites for hydroxylation is 1. The second kappa shape index (κ2) is 7.41. The van der Waals surface area contributed by atoms with Crippen molar-refractivity contribution in [2.75, 3.05) is 18.5 Å². The molecule has 8 heteroatoms. The lowest BCUT2D eigenvalue weighted by molar-refractivity contribution is 0.218.